The van der Waals surface area contributed by atoms with Gasteiger partial charge in [-0.25, -0.2) is 0 Å². The van der Waals surface area contributed by atoms with Crippen LogP contribution in [-0.2, 0) is 16.0 Å². The minimum absolute atomic E-state index is 0.233. The van der Waals surface area contributed by atoms with Crippen LogP contribution in [0.1, 0.15) is 51.5 Å². The third-order valence-corrected chi connectivity index (χ3v) is 5.14. The lowest BCUT2D eigenvalue weighted by Gasteiger charge is -2.29. The summed E-state index contributed by atoms with van der Waals surface area (Å²) >= 11 is 0. The van der Waals surface area contributed by atoms with Crippen LogP contribution in [0.3, 0.4) is 0 Å². The summed E-state index contributed by atoms with van der Waals surface area (Å²) in [6.07, 6.45) is 4.87. The van der Waals surface area contributed by atoms with Gasteiger partial charge >= 0.3 is 5.97 Å². The zero-order valence-electron chi connectivity index (χ0n) is 16.1. The average Bonchev–Trinajstić information content (AvgIpc) is 3.09. The summed E-state index contributed by atoms with van der Waals surface area (Å²) in [5.41, 5.74) is 2.28. The first-order valence-corrected chi connectivity index (χ1v) is 9.96. The predicted octanol–water partition coefficient (Wildman–Crippen LogP) is 3.57. The quantitative estimate of drug-likeness (QED) is 0.842. The molecule has 2 aliphatic heterocycles. The van der Waals surface area contributed by atoms with E-state index in [2.05, 4.69) is 17.0 Å². The Labute approximate surface area is 157 Å². The fourth-order valence-electron chi connectivity index (χ4n) is 3.85. The number of aliphatic carboxylic acids is 1. The third-order valence-electron chi connectivity index (χ3n) is 5.14. The lowest BCUT2D eigenvalue weighted by atomic mass is 10.0. The van der Waals surface area contributed by atoms with Crippen LogP contribution in [0.2, 0.25) is 0 Å². The number of likely N-dealkylation sites (tertiary alicyclic amines) is 1. The van der Waals surface area contributed by atoms with Crippen molar-refractivity contribution in [1.82, 2.24) is 4.90 Å². The maximum absolute atomic E-state index is 12.2. The van der Waals surface area contributed by atoms with Gasteiger partial charge in [0, 0.05) is 38.2 Å². The summed E-state index contributed by atoms with van der Waals surface area (Å²) in [5, 5.41) is 8.92. The molecule has 2 heterocycles. The summed E-state index contributed by atoms with van der Waals surface area (Å²) in [7, 11) is 0. The van der Waals surface area contributed by atoms with Crippen molar-refractivity contribution < 1.29 is 14.7 Å². The van der Waals surface area contributed by atoms with Gasteiger partial charge in [0.15, 0.2) is 0 Å². The zero-order chi connectivity index (χ0) is 18.9. The Morgan fingerprint density at radius 3 is 2.69 bits per heavy atom. The van der Waals surface area contributed by atoms with Crippen molar-refractivity contribution in [3.8, 4) is 0 Å². The molecule has 2 aliphatic rings. The van der Waals surface area contributed by atoms with Crippen molar-refractivity contribution in [1.29, 1.82) is 0 Å². The highest BCUT2D eigenvalue weighted by atomic mass is 16.4. The number of benzene rings is 1. The van der Waals surface area contributed by atoms with Crippen molar-refractivity contribution in [3.63, 3.8) is 0 Å². The molecule has 1 aromatic rings. The smallest absolute Gasteiger partial charge is 0.303 e. The van der Waals surface area contributed by atoms with Crippen LogP contribution in [0, 0.1) is 5.92 Å². The fourth-order valence-corrected chi connectivity index (χ4v) is 3.85. The number of carboxylic acid groups (broad SMARTS) is 1. The molecule has 2 saturated heterocycles. The van der Waals surface area contributed by atoms with Crippen molar-refractivity contribution in [3.05, 3.63) is 29.8 Å². The second kappa shape index (κ2) is 10.3. The maximum atomic E-state index is 12.2. The molecule has 26 heavy (non-hydrogen) atoms. The Hall–Kier alpha value is -1.88. The molecular weight excluding hydrogens is 328 g/mol. The molecule has 1 aromatic carbocycles. The molecule has 1 unspecified atom stereocenters. The molecule has 5 nitrogen and oxygen atoms in total. The minimum Gasteiger partial charge on any atom is -0.481 e. The Morgan fingerprint density at radius 2 is 1.96 bits per heavy atom. The standard InChI is InChI=1S/C19H26N2O3.C2H6/c22-18-7-3-4-10-21(18)17-6-2-1-5-16(17)9-12-20-11-8-15(14-20)13-19(23)24;1-2/h1-2,5-6,15H,3-4,7-14H2,(H,23,24);1-2H3. The van der Waals surface area contributed by atoms with Gasteiger partial charge in [-0.15, -0.1) is 0 Å². The number of hydrogen-bond acceptors (Lipinski definition) is 3. The number of rotatable bonds is 6. The number of hydrogen-bond donors (Lipinski definition) is 1. The first kappa shape index (κ1) is 20.4. The summed E-state index contributed by atoms with van der Waals surface area (Å²) in [5.74, 6) is -0.186. The van der Waals surface area contributed by atoms with Gasteiger partial charge < -0.3 is 14.9 Å². The monoisotopic (exact) mass is 360 g/mol. The lowest BCUT2D eigenvalue weighted by Crippen LogP contribution is -2.36. The second-order valence-corrected chi connectivity index (χ2v) is 6.93. The van der Waals surface area contributed by atoms with Gasteiger partial charge in [0.1, 0.15) is 0 Å². The van der Waals surface area contributed by atoms with E-state index in [0.29, 0.717) is 6.42 Å². The van der Waals surface area contributed by atoms with Crippen LogP contribution in [0.15, 0.2) is 24.3 Å². The Bertz CT molecular complexity index is 603. The van der Waals surface area contributed by atoms with Crippen LogP contribution >= 0.6 is 0 Å². The molecule has 0 aliphatic carbocycles. The van der Waals surface area contributed by atoms with E-state index in [0.717, 1.165) is 57.5 Å². The summed E-state index contributed by atoms with van der Waals surface area (Å²) in [4.78, 5) is 27.3. The Balaban J connectivity index is 0.00000117. The highest BCUT2D eigenvalue weighted by molar-refractivity contribution is 5.94. The number of anilines is 1. The topological polar surface area (TPSA) is 60.9 Å². The van der Waals surface area contributed by atoms with Crippen LogP contribution in [0.25, 0.3) is 0 Å². The molecule has 1 N–H and O–H groups in total. The maximum Gasteiger partial charge on any atom is 0.303 e. The zero-order valence-corrected chi connectivity index (χ0v) is 16.1. The number of para-hydroxylation sites is 1. The van der Waals surface area contributed by atoms with Gasteiger partial charge in [0.2, 0.25) is 5.91 Å². The van der Waals surface area contributed by atoms with Crippen molar-refractivity contribution in [2.24, 2.45) is 5.92 Å². The fraction of sp³-hybridized carbons (Fsp3) is 0.619. The van der Waals surface area contributed by atoms with E-state index < -0.39 is 5.97 Å². The predicted molar refractivity (Wildman–Crippen MR) is 104 cm³/mol. The van der Waals surface area contributed by atoms with Gasteiger partial charge in [-0.3, -0.25) is 9.59 Å². The summed E-state index contributed by atoms with van der Waals surface area (Å²) in [6.45, 7) is 7.59. The molecule has 1 atom stereocenters. The van der Waals surface area contributed by atoms with Crippen molar-refractivity contribution >= 4 is 17.6 Å². The molecule has 144 valence electrons. The summed E-state index contributed by atoms with van der Waals surface area (Å²) < 4.78 is 0. The van der Waals surface area contributed by atoms with E-state index in [9.17, 15) is 9.59 Å². The minimum atomic E-state index is -0.698. The normalized spacial score (nSPS) is 20.6. The van der Waals surface area contributed by atoms with Crippen LogP contribution < -0.4 is 4.90 Å². The highest BCUT2D eigenvalue weighted by Crippen LogP contribution is 2.26. The molecule has 0 radical (unpaired) electrons. The number of nitrogens with zero attached hydrogens (tertiary/aromatic N) is 2. The highest BCUT2D eigenvalue weighted by Gasteiger charge is 2.25. The van der Waals surface area contributed by atoms with E-state index in [4.69, 9.17) is 5.11 Å². The lowest BCUT2D eigenvalue weighted by molar-refractivity contribution is -0.138. The largest absolute Gasteiger partial charge is 0.481 e. The molecule has 0 saturated carbocycles. The van der Waals surface area contributed by atoms with Crippen molar-refractivity contribution in [2.45, 2.75) is 52.4 Å². The van der Waals surface area contributed by atoms with Gasteiger partial charge in [0.05, 0.1) is 0 Å². The first-order chi connectivity index (χ1) is 12.6. The van der Waals surface area contributed by atoms with E-state index in [1.807, 2.05) is 30.9 Å². The first-order valence-electron chi connectivity index (χ1n) is 9.96. The molecule has 1 amide bonds. The van der Waals surface area contributed by atoms with Crippen LogP contribution in [0.4, 0.5) is 5.69 Å². The molecular formula is C21H32N2O3. The molecule has 0 bridgehead atoms. The van der Waals surface area contributed by atoms with Gasteiger partial charge in [-0.05, 0) is 49.8 Å². The molecule has 3 rings (SSSR count). The van der Waals surface area contributed by atoms with Gasteiger partial charge in [-0.2, -0.15) is 0 Å². The number of carboxylic acids is 1. The van der Waals surface area contributed by atoms with E-state index in [-0.39, 0.29) is 18.2 Å². The average molecular weight is 360 g/mol. The number of carbonyl (C=O) groups excluding carboxylic acids is 1. The van der Waals surface area contributed by atoms with E-state index in [1.54, 1.807) is 0 Å². The molecule has 0 aromatic heterocycles. The SMILES string of the molecule is CC.O=C(O)CC1CCN(CCc2ccccc2N2CCCCC2=O)C1. The van der Waals surface area contributed by atoms with Crippen molar-refractivity contribution in [2.75, 3.05) is 31.1 Å². The number of carbonyl (C=O) groups is 2. The van der Waals surface area contributed by atoms with Crippen LogP contribution in [0.5, 0.6) is 0 Å². The van der Waals surface area contributed by atoms with E-state index in [1.165, 1.54) is 5.56 Å². The Morgan fingerprint density at radius 1 is 1.19 bits per heavy atom. The van der Waals surface area contributed by atoms with Crippen LogP contribution in [-0.4, -0.2) is 48.1 Å². The number of amides is 1. The van der Waals surface area contributed by atoms with E-state index >= 15 is 0 Å². The van der Waals surface area contributed by atoms with Gasteiger partial charge in [0.25, 0.3) is 0 Å². The van der Waals surface area contributed by atoms with Gasteiger partial charge in [-0.1, -0.05) is 32.0 Å². The summed E-state index contributed by atoms with van der Waals surface area (Å²) in [6, 6.07) is 8.20. The second-order valence-electron chi connectivity index (χ2n) is 6.93. The Kier molecular flexibility index (Phi) is 8.10. The molecule has 2 fully saturated rings. The third kappa shape index (κ3) is 5.56. The number of piperidine rings is 1. The molecule has 0 spiro atoms. The molecule has 5 heteroatoms.